The van der Waals surface area contributed by atoms with E-state index in [0.29, 0.717) is 0 Å². The molecular weight excluding hydrogens is 238 g/mol. The van der Waals surface area contributed by atoms with Crippen molar-refractivity contribution < 1.29 is 4.79 Å². The molecule has 0 aromatic heterocycles. The molecular formula is C15H25NOSi. The molecule has 0 aliphatic carbocycles. The maximum atomic E-state index is 11.4. The molecule has 0 aliphatic rings. The van der Waals surface area contributed by atoms with Gasteiger partial charge < -0.3 is 4.90 Å². The minimum atomic E-state index is -1.13. The van der Waals surface area contributed by atoms with Gasteiger partial charge in [0.05, 0.1) is 8.07 Å². The molecule has 0 radical (unpaired) electrons. The highest BCUT2D eigenvalue weighted by atomic mass is 28.3. The number of nitrogens with zero attached hydrogens (tertiary/aromatic N) is 1. The van der Waals surface area contributed by atoms with Crippen molar-refractivity contribution in [2.24, 2.45) is 0 Å². The quantitative estimate of drug-likeness (QED) is 0.739. The topological polar surface area (TPSA) is 20.3 Å². The Bertz CT molecular complexity index is 415. The van der Waals surface area contributed by atoms with Crippen LogP contribution in [0.1, 0.15) is 25.8 Å². The van der Waals surface area contributed by atoms with E-state index in [9.17, 15) is 4.79 Å². The van der Waals surface area contributed by atoms with Gasteiger partial charge >= 0.3 is 0 Å². The van der Waals surface area contributed by atoms with Crippen LogP contribution in [0.5, 0.6) is 0 Å². The summed E-state index contributed by atoms with van der Waals surface area (Å²) < 4.78 is 0. The first kappa shape index (κ1) is 15.0. The summed E-state index contributed by atoms with van der Waals surface area (Å²) in [4.78, 5) is 13.1. The lowest BCUT2D eigenvalue weighted by Crippen LogP contribution is -2.29. The number of benzene rings is 1. The second-order valence-corrected chi connectivity index (χ2v) is 11.0. The summed E-state index contributed by atoms with van der Waals surface area (Å²) in [5, 5.41) is 0. The summed E-state index contributed by atoms with van der Waals surface area (Å²) in [6, 6.07) is 11.0. The molecule has 0 N–H and O–H groups in total. The van der Waals surface area contributed by atoms with Crippen LogP contribution in [0, 0.1) is 0 Å². The Morgan fingerprint density at radius 1 is 1.33 bits per heavy atom. The van der Waals surface area contributed by atoms with Gasteiger partial charge in [-0.2, -0.15) is 0 Å². The largest absolute Gasteiger partial charge is 0.316 e. The molecule has 0 saturated heterocycles. The van der Waals surface area contributed by atoms with Gasteiger partial charge in [-0.3, -0.25) is 4.79 Å². The Labute approximate surface area is 112 Å². The lowest BCUT2D eigenvalue weighted by molar-refractivity contribution is -0.116. The van der Waals surface area contributed by atoms with Gasteiger partial charge in [0, 0.05) is 19.7 Å². The Morgan fingerprint density at radius 3 is 2.56 bits per heavy atom. The summed E-state index contributed by atoms with van der Waals surface area (Å²) in [7, 11) is 0.697. The minimum Gasteiger partial charge on any atom is -0.316 e. The van der Waals surface area contributed by atoms with E-state index >= 15 is 0 Å². The molecule has 0 heterocycles. The van der Waals surface area contributed by atoms with Crippen molar-refractivity contribution in [3.8, 4) is 0 Å². The van der Waals surface area contributed by atoms with Gasteiger partial charge in [-0.25, -0.2) is 0 Å². The molecule has 0 unspecified atom stereocenters. The zero-order valence-corrected chi connectivity index (χ0v) is 13.3. The second kappa shape index (κ2) is 6.18. The third-order valence-electron chi connectivity index (χ3n) is 3.38. The van der Waals surface area contributed by atoms with E-state index in [2.05, 4.69) is 38.2 Å². The van der Waals surface area contributed by atoms with Crippen LogP contribution >= 0.6 is 0 Å². The fourth-order valence-electron chi connectivity index (χ4n) is 2.37. The predicted octanol–water partition coefficient (Wildman–Crippen LogP) is 3.87. The van der Waals surface area contributed by atoms with Crippen LogP contribution in [0.2, 0.25) is 19.1 Å². The minimum absolute atomic E-state index is 0.0808. The maximum Gasteiger partial charge on any atom is 0.223 e. The standard InChI is InChI=1S/C15H25NOSi/c1-6-10-18(4,5)12-14-8-7-9-15(11-14)16(3)13(2)17/h7-9,11H,6,10,12H2,1-5H3. The summed E-state index contributed by atoms with van der Waals surface area (Å²) in [5.41, 5.74) is 2.37. The zero-order chi connectivity index (χ0) is 13.8. The molecule has 2 nitrogen and oxygen atoms in total. The number of anilines is 1. The summed E-state index contributed by atoms with van der Waals surface area (Å²) in [6.45, 7) is 8.74. The van der Waals surface area contributed by atoms with Crippen molar-refractivity contribution in [1.82, 2.24) is 0 Å². The Morgan fingerprint density at radius 2 is 2.00 bits per heavy atom. The highest BCUT2D eigenvalue weighted by Gasteiger charge is 2.20. The molecule has 18 heavy (non-hydrogen) atoms. The number of carbonyl (C=O) groups is 1. The van der Waals surface area contributed by atoms with Gasteiger partial charge in [0.1, 0.15) is 0 Å². The number of carbonyl (C=O) groups excluding carboxylic acids is 1. The Kier molecular flexibility index (Phi) is 5.14. The normalized spacial score (nSPS) is 11.4. The molecule has 0 bridgehead atoms. The Hall–Kier alpha value is -1.09. The monoisotopic (exact) mass is 263 g/mol. The lowest BCUT2D eigenvalue weighted by atomic mass is 10.2. The summed E-state index contributed by atoms with van der Waals surface area (Å²) in [6.07, 6.45) is 1.27. The molecule has 0 fully saturated rings. The van der Waals surface area contributed by atoms with E-state index in [4.69, 9.17) is 0 Å². The number of rotatable bonds is 5. The van der Waals surface area contributed by atoms with E-state index in [1.165, 1.54) is 24.1 Å². The first-order valence-electron chi connectivity index (χ1n) is 6.69. The van der Waals surface area contributed by atoms with Crippen LogP contribution in [0.4, 0.5) is 5.69 Å². The number of amides is 1. The first-order valence-corrected chi connectivity index (χ1v) is 10.1. The van der Waals surface area contributed by atoms with Gasteiger partial charge in [0.15, 0.2) is 0 Å². The highest BCUT2D eigenvalue weighted by molar-refractivity contribution is 6.76. The SMILES string of the molecule is CCC[Si](C)(C)Cc1cccc(N(C)C(C)=O)c1. The fraction of sp³-hybridized carbons (Fsp3) is 0.533. The van der Waals surface area contributed by atoms with E-state index in [-0.39, 0.29) is 5.91 Å². The number of hydrogen-bond acceptors (Lipinski definition) is 1. The van der Waals surface area contributed by atoms with Crippen LogP contribution in [-0.2, 0) is 10.8 Å². The van der Waals surface area contributed by atoms with Crippen molar-refractivity contribution in [2.75, 3.05) is 11.9 Å². The van der Waals surface area contributed by atoms with Crippen LogP contribution in [0.3, 0.4) is 0 Å². The van der Waals surface area contributed by atoms with E-state index < -0.39 is 8.07 Å². The molecule has 100 valence electrons. The third-order valence-corrected chi connectivity index (χ3v) is 6.60. The van der Waals surface area contributed by atoms with Crippen molar-refractivity contribution in [2.45, 2.75) is 45.5 Å². The maximum absolute atomic E-state index is 11.4. The van der Waals surface area contributed by atoms with Crippen molar-refractivity contribution >= 4 is 19.7 Å². The van der Waals surface area contributed by atoms with Crippen LogP contribution < -0.4 is 4.90 Å². The van der Waals surface area contributed by atoms with Gasteiger partial charge in [-0.1, -0.05) is 44.6 Å². The molecule has 1 aromatic carbocycles. The smallest absolute Gasteiger partial charge is 0.223 e. The second-order valence-electron chi connectivity index (χ2n) is 5.84. The molecule has 3 heteroatoms. The zero-order valence-electron chi connectivity index (χ0n) is 12.3. The predicted molar refractivity (Wildman–Crippen MR) is 81.8 cm³/mol. The summed E-state index contributed by atoms with van der Waals surface area (Å²) in [5.74, 6) is 0.0808. The number of hydrogen-bond donors (Lipinski definition) is 0. The fourth-order valence-corrected chi connectivity index (χ4v) is 5.23. The van der Waals surface area contributed by atoms with Crippen LogP contribution in [-0.4, -0.2) is 21.0 Å². The first-order chi connectivity index (χ1) is 8.35. The van der Waals surface area contributed by atoms with E-state index in [1.54, 1.807) is 11.8 Å². The van der Waals surface area contributed by atoms with Crippen LogP contribution in [0.15, 0.2) is 24.3 Å². The average molecular weight is 263 g/mol. The molecule has 1 rings (SSSR count). The molecule has 0 saturated carbocycles. The van der Waals surface area contributed by atoms with Crippen LogP contribution in [0.25, 0.3) is 0 Å². The molecule has 0 aliphatic heterocycles. The van der Waals surface area contributed by atoms with Crippen molar-refractivity contribution in [1.29, 1.82) is 0 Å². The Balaban J connectivity index is 2.86. The molecule has 1 aromatic rings. The van der Waals surface area contributed by atoms with Gasteiger partial charge in [0.2, 0.25) is 5.91 Å². The third kappa shape index (κ3) is 4.30. The average Bonchev–Trinajstić information content (AvgIpc) is 2.27. The lowest BCUT2D eigenvalue weighted by Gasteiger charge is -2.23. The molecule has 1 amide bonds. The molecule has 0 atom stereocenters. The highest BCUT2D eigenvalue weighted by Crippen LogP contribution is 2.21. The van der Waals surface area contributed by atoms with Crippen molar-refractivity contribution in [3.63, 3.8) is 0 Å². The van der Waals surface area contributed by atoms with Gasteiger partial charge in [-0.15, -0.1) is 0 Å². The molecule has 0 spiro atoms. The van der Waals surface area contributed by atoms with Gasteiger partial charge in [-0.05, 0) is 23.7 Å². The van der Waals surface area contributed by atoms with E-state index in [0.717, 1.165) is 5.69 Å². The van der Waals surface area contributed by atoms with Crippen molar-refractivity contribution in [3.05, 3.63) is 29.8 Å². The summed E-state index contributed by atoms with van der Waals surface area (Å²) >= 11 is 0. The van der Waals surface area contributed by atoms with Gasteiger partial charge in [0.25, 0.3) is 0 Å². The van der Waals surface area contributed by atoms with E-state index in [1.807, 2.05) is 13.1 Å².